The van der Waals surface area contributed by atoms with Crippen molar-refractivity contribution in [3.63, 3.8) is 0 Å². The minimum atomic E-state index is -3.59. The number of nitrogens with one attached hydrogen (secondary N) is 1. The van der Waals surface area contributed by atoms with Crippen LogP contribution in [0.3, 0.4) is 0 Å². The van der Waals surface area contributed by atoms with Crippen LogP contribution in [0, 0.1) is 26.7 Å². The van der Waals surface area contributed by atoms with Crippen LogP contribution in [-0.4, -0.2) is 31.7 Å². The maximum atomic E-state index is 13.2. The van der Waals surface area contributed by atoms with E-state index in [1.165, 1.54) is 4.31 Å². The third-order valence-electron chi connectivity index (χ3n) is 5.16. The lowest BCUT2D eigenvalue weighted by molar-refractivity contribution is -0.120. The number of hydrogen-bond acceptors (Lipinski definition) is 3. The number of carbonyl (C=O) groups is 1. The Bertz CT molecular complexity index is 1000. The van der Waals surface area contributed by atoms with E-state index in [1.807, 2.05) is 32.9 Å². The molecule has 29 heavy (non-hydrogen) atoms. The minimum Gasteiger partial charge on any atom is -0.326 e. The van der Waals surface area contributed by atoms with Crippen molar-refractivity contribution in [1.82, 2.24) is 4.31 Å². The Labute approximate surface area is 182 Å². The van der Waals surface area contributed by atoms with E-state index in [4.69, 9.17) is 23.2 Å². The van der Waals surface area contributed by atoms with Crippen LogP contribution in [0.25, 0.3) is 0 Å². The maximum Gasteiger partial charge on any atom is 0.243 e. The van der Waals surface area contributed by atoms with Crippen LogP contribution < -0.4 is 5.32 Å². The molecule has 8 heteroatoms. The first-order valence-electron chi connectivity index (χ1n) is 9.43. The molecule has 1 fully saturated rings. The Morgan fingerprint density at radius 3 is 2.00 bits per heavy atom. The number of rotatable bonds is 4. The number of nitrogens with zero attached hydrogens (tertiary/aromatic N) is 1. The van der Waals surface area contributed by atoms with Crippen molar-refractivity contribution < 1.29 is 13.2 Å². The van der Waals surface area contributed by atoms with E-state index < -0.39 is 10.0 Å². The molecule has 0 atom stereocenters. The molecule has 5 nitrogen and oxygen atoms in total. The second kappa shape index (κ2) is 8.64. The third-order valence-corrected chi connectivity index (χ3v) is 7.80. The summed E-state index contributed by atoms with van der Waals surface area (Å²) in [5, 5.41) is 3.71. The molecule has 1 aliphatic rings. The zero-order chi connectivity index (χ0) is 21.3. The summed E-state index contributed by atoms with van der Waals surface area (Å²) < 4.78 is 27.8. The van der Waals surface area contributed by atoms with Crippen LogP contribution in [0.15, 0.2) is 35.2 Å². The molecule has 1 aliphatic heterocycles. The van der Waals surface area contributed by atoms with Crippen LogP contribution in [0.2, 0.25) is 10.0 Å². The monoisotopic (exact) mass is 454 g/mol. The molecule has 156 valence electrons. The fourth-order valence-corrected chi connectivity index (χ4v) is 6.34. The van der Waals surface area contributed by atoms with Crippen molar-refractivity contribution in [1.29, 1.82) is 0 Å². The number of sulfonamides is 1. The summed E-state index contributed by atoms with van der Waals surface area (Å²) in [6.45, 7) is 6.22. The molecule has 0 unspecified atom stereocenters. The van der Waals surface area contributed by atoms with Crippen LogP contribution >= 0.6 is 23.2 Å². The highest BCUT2D eigenvalue weighted by molar-refractivity contribution is 7.89. The van der Waals surface area contributed by atoms with Crippen molar-refractivity contribution in [2.75, 3.05) is 18.4 Å². The molecule has 2 aromatic carbocycles. The minimum absolute atomic E-state index is 0.150. The second-order valence-electron chi connectivity index (χ2n) is 7.55. The SMILES string of the molecule is Cc1cc(C)c(S(=O)(=O)N2CCC(C(=O)Nc3cc(Cl)cc(Cl)c3)CC2)c(C)c1. The van der Waals surface area contributed by atoms with Crippen molar-refractivity contribution >= 4 is 44.8 Å². The van der Waals surface area contributed by atoms with Gasteiger partial charge in [-0.3, -0.25) is 4.79 Å². The van der Waals surface area contributed by atoms with Gasteiger partial charge in [-0.15, -0.1) is 0 Å². The quantitative estimate of drug-likeness (QED) is 0.709. The number of hydrogen-bond donors (Lipinski definition) is 1. The number of aryl methyl sites for hydroxylation is 3. The Morgan fingerprint density at radius 1 is 0.966 bits per heavy atom. The van der Waals surface area contributed by atoms with Gasteiger partial charge in [-0.05, 0) is 62.9 Å². The molecule has 1 N–H and O–H groups in total. The van der Waals surface area contributed by atoms with Crippen LogP contribution in [0.5, 0.6) is 0 Å². The number of carbonyl (C=O) groups excluding carboxylic acids is 1. The van der Waals surface area contributed by atoms with Gasteiger partial charge in [0, 0.05) is 34.7 Å². The summed E-state index contributed by atoms with van der Waals surface area (Å²) in [5.41, 5.74) is 3.07. The summed E-state index contributed by atoms with van der Waals surface area (Å²) in [7, 11) is -3.59. The summed E-state index contributed by atoms with van der Waals surface area (Å²) in [5.74, 6) is -0.414. The number of anilines is 1. The molecule has 2 aromatic rings. The Balaban J connectivity index is 1.69. The fraction of sp³-hybridized carbons (Fsp3) is 0.381. The predicted octanol–water partition coefficient (Wildman–Crippen LogP) is 4.96. The van der Waals surface area contributed by atoms with Gasteiger partial charge in [-0.1, -0.05) is 40.9 Å². The van der Waals surface area contributed by atoms with Gasteiger partial charge >= 0.3 is 0 Å². The Kier molecular flexibility index (Phi) is 6.58. The molecule has 0 aliphatic carbocycles. The fourth-order valence-electron chi connectivity index (χ4n) is 3.93. The molecular weight excluding hydrogens is 431 g/mol. The average molecular weight is 455 g/mol. The smallest absolute Gasteiger partial charge is 0.243 e. The normalized spacial score (nSPS) is 16.0. The Morgan fingerprint density at radius 2 is 1.48 bits per heavy atom. The lowest BCUT2D eigenvalue weighted by Gasteiger charge is -2.31. The number of halogens is 2. The largest absolute Gasteiger partial charge is 0.326 e. The van der Waals surface area contributed by atoms with Crippen molar-refractivity contribution in [3.05, 3.63) is 57.1 Å². The molecule has 0 saturated carbocycles. The first kappa shape index (κ1) is 22.1. The molecule has 0 bridgehead atoms. The molecule has 1 heterocycles. The van der Waals surface area contributed by atoms with Gasteiger partial charge in [0.1, 0.15) is 0 Å². The van der Waals surface area contributed by atoms with E-state index in [1.54, 1.807) is 18.2 Å². The van der Waals surface area contributed by atoms with Gasteiger partial charge in [0.2, 0.25) is 15.9 Å². The van der Waals surface area contributed by atoms with Crippen LogP contribution in [0.4, 0.5) is 5.69 Å². The zero-order valence-corrected chi connectivity index (χ0v) is 19.0. The molecule has 0 spiro atoms. The highest BCUT2D eigenvalue weighted by Crippen LogP contribution is 2.30. The standard InChI is InChI=1S/C21H24Cl2N2O3S/c1-13-8-14(2)20(15(3)9-13)29(27,28)25-6-4-16(5-7-25)21(26)24-19-11-17(22)10-18(23)12-19/h8-12,16H,4-7H2,1-3H3,(H,24,26). The highest BCUT2D eigenvalue weighted by Gasteiger charge is 2.33. The van der Waals surface area contributed by atoms with Crippen LogP contribution in [-0.2, 0) is 14.8 Å². The summed E-state index contributed by atoms with van der Waals surface area (Å²) in [6.07, 6.45) is 0.923. The van der Waals surface area contributed by atoms with E-state index in [9.17, 15) is 13.2 Å². The van der Waals surface area contributed by atoms with E-state index in [-0.39, 0.29) is 11.8 Å². The summed E-state index contributed by atoms with van der Waals surface area (Å²) in [6, 6.07) is 8.63. The number of amides is 1. The van der Waals surface area contributed by atoms with E-state index in [2.05, 4.69) is 5.32 Å². The van der Waals surface area contributed by atoms with E-state index in [0.29, 0.717) is 46.6 Å². The highest BCUT2D eigenvalue weighted by atomic mass is 35.5. The molecule has 1 saturated heterocycles. The van der Waals surface area contributed by atoms with Gasteiger partial charge in [-0.2, -0.15) is 4.31 Å². The lowest BCUT2D eigenvalue weighted by atomic mass is 9.97. The number of benzene rings is 2. The average Bonchev–Trinajstić information content (AvgIpc) is 2.59. The van der Waals surface area contributed by atoms with Gasteiger partial charge < -0.3 is 5.32 Å². The first-order chi connectivity index (χ1) is 13.6. The predicted molar refractivity (Wildman–Crippen MR) is 117 cm³/mol. The van der Waals surface area contributed by atoms with E-state index in [0.717, 1.165) is 16.7 Å². The van der Waals surface area contributed by atoms with Crippen molar-refractivity contribution in [3.8, 4) is 0 Å². The topological polar surface area (TPSA) is 66.5 Å². The van der Waals surface area contributed by atoms with Gasteiger partial charge in [0.25, 0.3) is 0 Å². The second-order valence-corrected chi connectivity index (χ2v) is 10.3. The molecule has 1 amide bonds. The van der Waals surface area contributed by atoms with Crippen molar-refractivity contribution in [2.24, 2.45) is 5.92 Å². The molecule has 0 aromatic heterocycles. The van der Waals surface area contributed by atoms with Crippen LogP contribution in [0.1, 0.15) is 29.5 Å². The zero-order valence-electron chi connectivity index (χ0n) is 16.6. The van der Waals surface area contributed by atoms with E-state index >= 15 is 0 Å². The Hall–Kier alpha value is -1.60. The van der Waals surface area contributed by atoms with Crippen molar-refractivity contribution in [2.45, 2.75) is 38.5 Å². The van der Waals surface area contributed by atoms with Gasteiger partial charge in [-0.25, -0.2) is 8.42 Å². The molecule has 0 radical (unpaired) electrons. The van der Waals surface area contributed by atoms with Gasteiger partial charge in [0.05, 0.1) is 4.90 Å². The lowest BCUT2D eigenvalue weighted by Crippen LogP contribution is -2.41. The molecule has 3 rings (SSSR count). The maximum absolute atomic E-state index is 13.2. The number of piperidine rings is 1. The summed E-state index contributed by atoms with van der Waals surface area (Å²) >= 11 is 11.9. The molecular formula is C21H24Cl2N2O3S. The third kappa shape index (κ3) is 4.94. The first-order valence-corrected chi connectivity index (χ1v) is 11.6. The summed E-state index contributed by atoms with van der Waals surface area (Å²) in [4.78, 5) is 13.0. The van der Waals surface area contributed by atoms with Gasteiger partial charge in [0.15, 0.2) is 0 Å².